The number of likely N-dealkylation sites (tertiary alicyclic amines) is 1. The van der Waals surface area contributed by atoms with Gasteiger partial charge in [0.1, 0.15) is 17.4 Å². The molecular weight excluding hydrogens is 782 g/mol. The summed E-state index contributed by atoms with van der Waals surface area (Å²) in [5, 5.41) is 16.9. The van der Waals surface area contributed by atoms with Crippen molar-refractivity contribution in [1.82, 2.24) is 29.6 Å². The molecule has 59 heavy (non-hydrogen) atoms. The molecular formula is C46H62ClN7O4S. The van der Waals surface area contributed by atoms with E-state index in [0.29, 0.717) is 36.7 Å². The Morgan fingerprint density at radius 2 is 1.73 bits per heavy atom. The molecule has 0 spiro atoms. The van der Waals surface area contributed by atoms with Crippen molar-refractivity contribution in [2.75, 3.05) is 72.3 Å². The van der Waals surface area contributed by atoms with Gasteiger partial charge in [0.05, 0.1) is 18.7 Å². The van der Waals surface area contributed by atoms with Gasteiger partial charge in [-0.1, -0.05) is 36.6 Å². The van der Waals surface area contributed by atoms with Crippen molar-refractivity contribution in [2.24, 2.45) is 11.8 Å². The zero-order chi connectivity index (χ0) is 41.6. The number of fused-ring (bicyclic) bond motifs is 1. The highest BCUT2D eigenvalue weighted by Crippen LogP contribution is 2.43. The average molecular weight is 845 g/mol. The summed E-state index contributed by atoms with van der Waals surface area (Å²) in [4.78, 5) is 44.2. The van der Waals surface area contributed by atoms with E-state index in [2.05, 4.69) is 70.7 Å². The smallest absolute Gasteiger partial charge is 0.407 e. The Kier molecular flexibility index (Phi) is 14.3. The van der Waals surface area contributed by atoms with E-state index >= 15 is 0 Å². The van der Waals surface area contributed by atoms with Crippen molar-refractivity contribution < 1.29 is 19.4 Å². The lowest BCUT2D eigenvalue weighted by atomic mass is 9.77. The monoisotopic (exact) mass is 843 g/mol. The van der Waals surface area contributed by atoms with E-state index in [-0.39, 0.29) is 12.0 Å². The molecule has 7 rings (SSSR count). The summed E-state index contributed by atoms with van der Waals surface area (Å²) < 4.78 is 5.99. The van der Waals surface area contributed by atoms with Crippen molar-refractivity contribution in [3.8, 4) is 16.9 Å². The van der Waals surface area contributed by atoms with Gasteiger partial charge in [0.15, 0.2) is 0 Å². The fourth-order valence-electron chi connectivity index (χ4n) is 9.53. The minimum absolute atomic E-state index is 0.00152. The number of nitrogens with one attached hydrogen (secondary N) is 1. The van der Waals surface area contributed by atoms with E-state index < -0.39 is 6.09 Å². The minimum Gasteiger partial charge on any atom is -0.496 e. The van der Waals surface area contributed by atoms with E-state index in [4.69, 9.17) is 26.3 Å². The van der Waals surface area contributed by atoms with Crippen LogP contribution in [0.3, 0.4) is 0 Å². The molecule has 0 bridgehead atoms. The SMILES string of the molecule is COc1cc2nc(C)nc(N[C@H](C)c3cc(-c4c(Cl)cccc4CN(C)C)cs3)c2cc1C1CCC(C(=O)N2CCN(CCCCC3CCN(C(=O)O)CC3)CC2)CC1. The van der Waals surface area contributed by atoms with Crippen LogP contribution in [-0.4, -0.2) is 114 Å². The highest BCUT2D eigenvalue weighted by atomic mass is 35.5. The lowest BCUT2D eigenvalue weighted by molar-refractivity contribution is -0.138. The van der Waals surface area contributed by atoms with Crippen molar-refractivity contribution in [3.63, 3.8) is 0 Å². The Bertz CT molecular complexity index is 2070. The number of aromatic nitrogens is 2. The van der Waals surface area contributed by atoms with E-state index in [1.165, 1.54) is 28.8 Å². The van der Waals surface area contributed by atoms with E-state index in [9.17, 15) is 14.7 Å². The first-order valence-corrected chi connectivity index (χ1v) is 22.9. The number of piperidine rings is 1. The molecule has 4 aromatic rings. The zero-order valence-electron chi connectivity index (χ0n) is 35.5. The van der Waals surface area contributed by atoms with Crippen molar-refractivity contribution in [2.45, 2.75) is 90.1 Å². The van der Waals surface area contributed by atoms with Crippen LogP contribution in [0.4, 0.5) is 10.6 Å². The van der Waals surface area contributed by atoms with Crippen LogP contribution in [0.5, 0.6) is 5.75 Å². The number of thiophene rings is 1. The van der Waals surface area contributed by atoms with Gasteiger partial charge in [-0.2, -0.15) is 0 Å². The van der Waals surface area contributed by atoms with Gasteiger partial charge in [0.25, 0.3) is 0 Å². The maximum absolute atomic E-state index is 13.8. The Morgan fingerprint density at radius 1 is 0.983 bits per heavy atom. The molecule has 3 aliphatic rings. The second kappa shape index (κ2) is 19.6. The Morgan fingerprint density at radius 3 is 2.42 bits per heavy atom. The summed E-state index contributed by atoms with van der Waals surface area (Å²) in [7, 11) is 5.88. The number of benzene rings is 2. The normalized spacial score (nSPS) is 20.0. The van der Waals surface area contributed by atoms with Gasteiger partial charge >= 0.3 is 6.09 Å². The second-order valence-corrected chi connectivity index (χ2v) is 18.6. The van der Waals surface area contributed by atoms with Crippen LogP contribution in [0.25, 0.3) is 22.0 Å². The summed E-state index contributed by atoms with van der Waals surface area (Å²) >= 11 is 8.50. The van der Waals surface area contributed by atoms with Gasteiger partial charge < -0.3 is 29.9 Å². The quantitative estimate of drug-likeness (QED) is 0.120. The Balaban J connectivity index is 0.938. The number of rotatable bonds is 14. The van der Waals surface area contributed by atoms with Crippen molar-refractivity contribution in [3.05, 3.63) is 68.6 Å². The minimum atomic E-state index is -0.788. The second-order valence-electron chi connectivity index (χ2n) is 17.3. The van der Waals surface area contributed by atoms with Crippen LogP contribution in [0, 0.1) is 18.8 Å². The number of carbonyl (C=O) groups is 2. The first-order chi connectivity index (χ1) is 28.5. The Hall–Kier alpha value is -3.97. The molecule has 1 aliphatic carbocycles. The fourth-order valence-corrected chi connectivity index (χ4v) is 10.7. The molecule has 318 valence electrons. The molecule has 13 heteroatoms. The number of piperazine rings is 1. The zero-order valence-corrected chi connectivity index (χ0v) is 37.1. The van der Waals surface area contributed by atoms with Crippen molar-refractivity contribution in [1.29, 1.82) is 0 Å². The molecule has 2 N–H and O–H groups in total. The number of ether oxygens (including phenoxy) is 1. The maximum Gasteiger partial charge on any atom is 0.407 e. The predicted molar refractivity (Wildman–Crippen MR) is 239 cm³/mol. The number of nitrogens with zero attached hydrogens (tertiary/aromatic N) is 6. The van der Waals surface area contributed by atoms with Gasteiger partial charge in [0.2, 0.25) is 5.91 Å². The first kappa shape index (κ1) is 43.1. The van der Waals surface area contributed by atoms with E-state index in [1.54, 1.807) is 23.3 Å². The molecule has 1 saturated carbocycles. The standard InChI is InChI=1S/C46H62ClN7O4S/c1-30(42-25-36(29-59-42)43-35(28-51(3)4)10-8-11-39(43)47)48-44-38-26-37(41(58-5)27-40(38)49-31(2)50-44)33-12-14-34(15-13-33)45(55)53-23-21-52(22-24-53)18-7-6-9-32-16-19-54(20-17-32)46(56)57/h8,10-11,25-27,29-30,32-34H,6-7,9,12-24,28H2,1-5H3,(H,56,57)(H,48,49,50)/t30-,33?,34?/m1/s1. The third kappa shape index (κ3) is 10.5. The molecule has 2 saturated heterocycles. The summed E-state index contributed by atoms with van der Waals surface area (Å²) in [5.41, 5.74) is 5.44. The summed E-state index contributed by atoms with van der Waals surface area (Å²) in [5.74, 6) is 3.69. The fraction of sp³-hybridized carbons (Fsp3) is 0.565. The van der Waals surface area contributed by atoms with Crippen LogP contribution >= 0.6 is 22.9 Å². The third-order valence-corrected chi connectivity index (χ3v) is 14.3. The van der Waals surface area contributed by atoms with Gasteiger partial charge in [0, 0.05) is 78.6 Å². The number of hydrogen-bond donors (Lipinski definition) is 2. The molecule has 1 atom stereocenters. The van der Waals surface area contributed by atoms with E-state index in [1.807, 2.05) is 19.1 Å². The van der Waals surface area contributed by atoms with Gasteiger partial charge in [-0.15, -0.1) is 11.3 Å². The highest BCUT2D eigenvalue weighted by molar-refractivity contribution is 7.10. The molecule has 2 aromatic carbocycles. The van der Waals surface area contributed by atoms with Gasteiger partial charge in [-0.25, -0.2) is 14.8 Å². The number of amides is 2. The third-order valence-electron chi connectivity index (χ3n) is 12.9. The van der Waals surface area contributed by atoms with Crippen LogP contribution in [0.15, 0.2) is 41.8 Å². The molecule has 3 fully saturated rings. The van der Waals surface area contributed by atoms with Crippen LogP contribution in [0.1, 0.15) is 98.5 Å². The maximum atomic E-state index is 13.8. The lowest BCUT2D eigenvalue weighted by Gasteiger charge is -2.38. The number of anilines is 1. The molecule has 0 radical (unpaired) electrons. The Labute approximate surface area is 359 Å². The number of methoxy groups -OCH3 is 1. The number of aryl methyl sites for hydroxylation is 1. The number of carbonyl (C=O) groups excluding carboxylic acids is 1. The lowest BCUT2D eigenvalue weighted by Crippen LogP contribution is -2.50. The molecule has 0 unspecified atom stereocenters. The number of carboxylic acid groups (broad SMARTS) is 1. The molecule has 4 heterocycles. The highest BCUT2D eigenvalue weighted by Gasteiger charge is 2.33. The van der Waals surface area contributed by atoms with Gasteiger partial charge in [-0.05, 0) is 132 Å². The molecule has 2 amide bonds. The largest absolute Gasteiger partial charge is 0.496 e. The molecule has 2 aromatic heterocycles. The van der Waals surface area contributed by atoms with Crippen molar-refractivity contribution >= 4 is 51.7 Å². The van der Waals surface area contributed by atoms with Crippen LogP contribution in [0.2, 0.25) is 5.02 Å². The first-order valence-electron chi connectivity index (χ1n) is 21.6. The average Bonchev–Trinajstić information content (AvgIpc) is 3.72. The summed E-state index contributed by atoms with van der Waals surface area (Å²) in [6.07, 6.45) is 8.36. The topological polar surface area (TPSA) is 114 Å². The van der Waals surface area contributed by atoms with Crippen LogP contribution < -0.4 is 10.1 Å². The number of halogens is 1. The van der Waals surface area contributed by atoms with E-state index in [0.717, 1.165) is 123 Å². The predicted octanol–water partition coefficient (Wildman–Crippen LogP) is 9.54. The number of unbranched alkanes of at least 4 members (excludes halogenated alkanes) is 1. The number of hydrogen-bond acceptors (Lipinski definition) is 9. The van der Waals surface area contributed by atoms with Crippen LogP contribution in [-0.2, 0) is 11.3 Å². The summed E-state index contributed by atoms with van der Waals surface area (Å²) in [6.45, 7) is 10.8. The molecule has 2 aliphatic heterocycles. The molecule has 11 nitrogen and oxygen atoms in total. The van der Waals surface area contributed by atoms with Gasteiger partial charge in [-0.3, -0.25) is 9.69 Å². The summed E-state index contributed by atoms with van der Waals surface area (Å²) in [6, 6.07) is 12.7.